The van der Waals surface area contributed by atoms with Crippen molar-refractivity contribution in [3.8, 4) is 0 Å². The van der Waals surface area contributed by atoms with E-state index in [2.05, 4.69) is 46.7 Å². The lowest BCUT2D eigenvalue weighted by Gasteiger charge is -2.02. The van der Waals surface area contributed by atoms with Gasteiger partial charge in [0, 0.05) is 11.4 Å². The van der Waals surface area contributed by atoms with Crippen LogP contribution < -0.4 is 5.32 Å². The molecule has 1 N–H and O–H groups in total. The van der Waals surface area contributed by atoms with Crippen LogP contribution in [-0.2, 0) is 12.3 Å². The first kappa shape index (κ1) is 16.7. The highest BCUT2D eigenvalue weighted by Crippen LogP contribution is 2.24. The highest BCUT2D eigenvalue weighted by molar-refractivity contribution is 7.98. The number of nitrogens with zero attached hydrogens (tertiary/aromatic N) is 2. The standard InChI is InChI=1S/C18H17N3OS2/c1-13-7-9-15(10-8-13)23-12-16-20-21-18(24-16)17(22)19-11-14-5-3-2-4-6-14/h2-10H,11-12H2,1H3,(H,19,22). The molecule has 0 unspecified atom stereocenters. The van der Waals surface area contributed by atoms with Gasteiger partial charge in [-0.2, -0.15) is 0 Å². The Bertz CT molecular complexity index is 801. The van der Waals surface area contributed by atoms with Crippen LogP contribution in [0.3, 0.4) is 0 Å². The molecule has 2 aromatic carbocycles. The highest BCUT2D eigenvalue weighted by Gasteiger charge is 2.12. The van der Waals surface area contributed by atoms with E-state index < -0.39 is 0 Å². The molecule has 0 spiro atoms. The van der Waals surface area contributed by atoms with Gasteiger partial charge in [-0.3, -0.25) is 4.79 Å². The minimum absolute atomic E-state index is 0.178. The zero-order valence-electron chi connectivity index (χ0n) is 13.2. The maximum absolute atomic E-state index is 12.1. The molecule has 0 saturated carbocycles. The molecular weight excluding hydrogens is 338 g/mol. The Morgan fingerprint density at radius 3 is 2.58 bits per heavy atom. The highest BCUT2D eigenvalue weighted by atomic mass is 32.2. The number of benzene rings is 2. The molecule has 24 heavy (non-hydrogen) atoms. The molecule has 1 amide bonds. The van der Waals surface area contributed by atoms with Gasteiger partial charge in [0.25, 0.3) is 5.91 Å². The van der Waals surface area contributed by atoms with Gasteiger partial charge < -0.3 is 5.32 Å². The topological polar surface area (TPSA) is 54.9 Å². The number of hydrogen-bond donors (Lipinski definition) is 1. The molecule has 0 radical (unpaired) electrons. The number of aromatic nitrogens is 2. The number of rotatable bonds is 6. The fourth-order valence-electron chi connectivity index (χ4n) is 2.04. The van der Waals surface area contributed by atoms with Crippen molar-refractivity contribution in [2.75, 3.05) is 0 Å². The summed E-state index contributed by atoms with van der Waals surface area (Å²) in [5.74, 6) is 0.537. The van der Waals surface area contributed by atoms with E-state index in [4.69, 9.17) is 0 Å². The quantitative estimate of drug-likeness (QED) is 0.677. The lowest BCUT2D eigenvalue weighted by atomic mass is 10.2. The van der Waals surface area contributed by atoms with Crippen molar-refractivity contribution < 1.29 is 4.79 Å². The molecule has 122 valence electrons. The summed E-state index contributed by atoms with van der Waals surface area (Å²) in [7, 11) is 0. The molecule has 0 aliphatic rings. The van der Waals surface area contributed by atoms with Crippen LogP contribution in [0.2, 0.25) is 0 Å². The van der Waals surface area contributed by atoms with Gasteiger partial charge in [0.1, 0.15) is 5.01 Å². The summed E-state index contributed by atoms with van der Waals surface area (Å²) in [4.78, 5) is 13.3. The first-order valence-electron chi connectivity index (χ1n) is 7.55. The molecule has 0 aliphatic carbocycles. The molecule has 3 aromatic rings. The van der Waals surface area contributed by atoms with Crippen molar-refractivity contribution in [2.24, 2.45) is 0 Å². The van der Waals surface area contributed by atoms with Crippen LogP contribution >= 0.6 is 23.1 Å². The second-order valence-electron chi connectivity index (χ2n) is 5.27. The summed E-state index contributed by atoms with van der Waals surface area (Å²) >= 11 is 3.04. The lowest BCUT2D eigenvalue weighted by Crippen LogP contribution is -2.22. The van der Waals surface area contributed by atoms with E-state index in [0.29, 0.717) is 17.3 Å². The predicted molar refractivity (Wildman–Crippen MR) is 98.3 cm³/mol. The molecule has 4 nitrogen and oxygen atoms in total. The Balaban J connectivity index is 1.52. The Morgan fingerprint density at radius 2 is 1.83 bits per heavy atom. The van der Waals surface area contributed by atoms with E-state index in [0.717, 1.165) is 10.6 Å². The van der Waals surface area contributed by atoms with Crippen LogP contribution in [0.1, 0.15) is 25.9 Å². The largest absolute Gasteiger partial charge is 0.346 e. The van der Waals surface area contributed by atoms with Crippen molar-refractivity contribution >= 4 is 29.0 Å². The maximum Gasteiger partial charge on any atom is 0.282 e. The lowest BCUT2D eigenvalue weighted by molar-refractivity contribution is 0.0950. The van der Waals surface area contributed by atoms with Crippen molar-refractivity contribution in [3.05, 3.63) is 75.7 Å². The molecule has 0 fully saturated rings. The van der Waals surface area contributed by atoms with Crippen LogP contribution in [0, 0.1) is 6.92 Å². The normalized spacial score (nSPS) is 10.5. The molecule has 1 heterocycles. The molecule has 0 saturated heterocycles. The van der Waals surface area contributed by atoms with Crippen molar-refractivity contribution in [2.45, 2.75) is 24.1 Å². The van der Waals surface area contributed by atoms with E-state index in [1.165, 1.54) is 21.8 Å². The third-order valence-corrected chi connectivity index (χ3v) is 5.47. The van der Waals surface area contributed by atoms with E-state index in [1.807, 2.05) is 30.3 Å². The van der Waals surface area contributed by atoms with Gasteiger partial charge in [-0.25, -0.2) is 0 Å². The summed E-state index contributed by atoms with van der Waals surface area (Å²) in [5.41, 5.74) is 2.30. The minimum Gasteiger partial charge on any atom is -0.346 e. The minimum atomic E-state index is -0.178. The summed E-state index contributed by atoms with van der Waals surface area (Å²) < 4.78 is 0. The second kappa shape index (κ2) is 8.08. The molecule has 0 atom stereocenters. The SMILES string of the molecule is Cc1ccc(SCc2nnc(C(=O)NCc3ccccc3)s2)cc1. The van der Waals surface area contributed by atoms with E-state index >= 15 is 0 Å². The molecular formula is C18H17N3OS2. The Morgan fingerprint density at radius 1 is 1.08 bits per heavy atom. The van der Waals surface area contributed by atoms with Crippen molar-refractivity contribution in [3.63, 3.8) is 0 Å². The summed E-state index contributed by atoms with van der Waals surface area (Å²) in [6.45, 7) is 2.56. The number of nitrogens with one attached hydrogen (secondary N) is 1. The number of carbonyl (C=O) groups is 1. The van der Waals surface area contributed by atoms with Gasteiger partial charge in [-0.15, -0.1) is 22.0 Å². The second-order valence-corrected chi connectivity index (χ2v) is 7.38. The van der Waals surface area contributed by atoms with Crippen LogP contribution in [0.4, 0.5) is 0 Å². The summed E-state index contributed by atoms with van der Waals surface area (Å²) in [5, 5.41) is 12.2. The Hall–Kier alpha value is -2.18. The van der Waals surface area contributed by atoms with Gasteiger partial charge in [-0.05, 0) is 24.6 Å². The van der Waals surface area contributed by atoms with E-state index in [-0.39, 0.29) is 5.91 Å². The van der Waals surface area contributed by atoms with Crippen LogP contribution in [-0.4, -0.2) is 16.1 Å². The van der Waals surface area contributed by atoms with Gasteiger partial charge in [0.15, 0.2) is 0 Å². The average molecular weight is 355 g/mol. The fraction of sp³-hybridized carbons (Fsp3) is 0.167. The fourth-order valence-corrected chi connectivity index (χ4v) is 3.68. The summed E-state index contributed by atoms with van der Waals surface area (Å²) in [6.07, 6.45) is 0. The van der Waals surface area contributed by atoms with Gasteiger partial charge in [0.05, 0.1) is 5.75 Å². The number of hydrogen-bond acceptors (Lipinski definition) is 5. The van der Waals surface area contributed by atoms with Crippen LogP contribution in [0.25, 0.3) is 0 Å². The molecule has 3 rings (SSSR count). The molecule has 0 aliphatic heterocycles. The van der Waals surface area contributed by atoms with Crippen LogP contribution in [0.15, 0.2) is 59.5 Å². The van der Waals surface area contributed by atoms with Crippen molar-refractivity contribution in [1.29, 1.82) is 0 Å². The number of amides is 1. The first-order chi connectivity index (χ1) is 11.7. The number of aryl methyl sites for hydroxylation is 1. The Kier molecular flexibility index (Phi) is 5.61. The molecule has 0 bridgehead atoms. The first-order valence-corrected chi connectivity index (χ1v) is 9.35. The average Bonchev–Trinajstić information content (AvgIpc) is 3.09. The van der Waals surface area contributed by atoms with Crippen molar-refractivity contribution in [1.82, 2.24) is 15.5 Å². The molecule has 1 aromatic heterocycles. The van der Waals surface area contributed by atoms with Gasteiger partial charge in [0.2, 0.25) is 5.01 Å². The molecule has 6 heteroatoms. The monoisotopic (exact) mass is 355 g/mol. The maximum atomic E-state index is 12.1. The number of thioether (sulfide) groups is 1. The Labute approximate surface area is 149 Å². The third-order valence-electron chi connectivity index (χ3n) is 3.34. The number of carbonyl (C=O) groups excluding carboxylic acids is 1. The smallest absolute Gasteiger partial charge is 0.282 e. The van der Waals surface area contributed by atoms with Gasteiger partial charge >= 0.3 is 0 Å². The zero-order chi connectivity index (χ0) is 16.8. The van der Waals surface area contributed by atoms with Gasteiger partial charge in [-0.1, -0.05) is 59.4 Å². The zero-order valence-corrected chi connectivity index (χ0v) is 14.9. The predicted octanol–water partition coefficient (Wildman–Crippen LogP) is 4.07. The van der Waals surface area contributed by atoms with Crippen LogP contribution in [0.5, 0.6) is 0 Å². The van der Waals surface area contributed by atoms with E-state index in [9.17, 15) is 4.79 Å². The summed E-state index contributed by atoms with van der Waals surface area (Å²) in [6, 6.07) is 18.2. The third kappa shape index (κ3) is 4.66. The van der Waals surface area contributed by atoms with E-state index in [1.54, 1.807) is 11.8 Å².